The number of benzene rings is 3. The summed E-state index contributed by atoms with van der Waals surface area (Å²) in [5.41, 5.74) is 1.39. The normalized spacial score (nSPS) is 15.2. The third-order valence-corrected chi connectivity index (χ3v) is 5.72. The van der Waals surface area contributed by atoms with Gasteiger partial charge in [0.05, 0.1) is 25.8 Å². The molecule has 4 amide bonds. The Bertz CT molecular complexity index is 1250. The average Bonchev–Trinajstić information content (AvgIpc) is 3.09. The van der Waals surface area contributed by atoms with Crippen LogP contribution in [0, 0.1) is 5.82 Å². The Morgan fingerprint density at radius 1 is 1.00 bits per heavy atom. The number of rotatable bonds is 9. The first-order valence-electron chi connectivity index (χ1n) is 11.5. The zero-order valence-electron chi connectivity index (χ0n) is 19.9. The Kier molecular flexibility index (Phi) is 7.48. The van der Waals surface area contributed by atoms with E-state index in [0.717, 1.165) is 4.90 Å². The largest absolute Gasteiger partial charge is 0.497 e. The van der Waals surface area contributed by atoms with Crippen LogP contribution >= 0.6 is 0 Å². The Morgan fingerprint density at radius 3 is 2.33 bits per heavy atom. The molecule has 0 aromatic heterocycles. The maximum absolute atomic E-state index is 13.8. The summed E-state index contributed by atoms with van der Waals surface area (Å²) in [6.45, 7) is 2.37. The van der Waals surface area contributed by atoms with Crippen molar-refractivity contribution in [2.45, 2.75) is 25.9 Å². The molecule has 0 unspecified atom stereocenters. The molecule has 0 radical (unpaired) electrons. The molecule has 1 aliphatic rings. The van der Waals surface area contributed by atoms with Gasteiger partial charge in [0.1, 0.15) is 23.4 Å². The Balaban J connectivity index is 1.57. The quantitative estimate of drug-likeness (QED) is 0.442. The van der Waals surface area contributed by atoms with E-state index in [1.165, 1.54) is 30.2 Å². The zero-order valence-corrected chi connectivity index (χ0v) is 19.9. The SMILES string of the molecule is CCOc1ccc(NC(=O)C[C@@H]2C(=O)N(c3ccc(OC)cc3)C(=O)N2Cc2cccc(F)c2)cc1. The molecule has 1 fully saturated rings. The average molecular weight is 492 g/mol. The number of carbonyl (C=O) groups excluding carboxylic acids is 3. The lowest BCUT2D eigenvalue weighted by molar-refractivity contribution is -0.124. The summed E-state index contributed by atoms with van der Waals surface area (Å²) in [6, 6.07) is 17.4. The number of urea groups is 1. The van der Waals surface area contributed by atoms with Crippen molar-refractivity contribution in [3.8, 4) is 11.5 Å². The molecule has 1 atom stereocenters. The molecule has 3 aromatic carbocycles. The van der Waals surface area contributed by atoms with Crippen molar-refractivity contribution >= 4 is 29.2 Å². The van der Waals surface area contributed by atoms with Crippen molar-refractivity contribution in [2.24, 2.45) is 0 Å². The number of methoxy groups -OCH3 is 1. The second kappa shape index (κ2) is 10.9. The second-order valence-corrected chi connectivity index (χ2v) is 8.14. The molecular weight excluding hydrogens is 465 g/mol. The van der Waals surface area contributed by atoms with Gasteiger partial charge in [0, 0.05) is 12.2 Å². The molecule has 36 heavy (non-hydrogen) atoms. The lowest BCUT2D eigenvalue weighted by Gasteiger charge is -2.21. The van der Waals surface area contributed by atoms with Gasteiger partial charge in [-0.3, -0.25) is 9.59 Å². The highest BCUT2D eigenvalue weighted by molar-refractivity contribution is 6.22. The van der Waals surface area contributed by atoms with E-state index in [-0.39, 0.29) is 13.0 Å². The number of anilines is 2. The zero-order chi connectivity index (χ0) is 25.7. The summed E-state index contributed by atoms with van der Waals surface area (Å²) in [7, 11) is 1.51. The minimum atomic E-state index is -1.06. The van der Waals surface area contributed by atoms with Crippen LogP contribution < -0.4 is 19.7 Å². The lowest BCUT2D eigenvalue weighted by atomic mass is 10.1. The molecule has 3 aromatic rings. The fraction of sp³-hybridized carbons (Fsp3) is 0.222. The fourth-order valence-corrected chi connectivity index (χ4v) is 4.00. The second-order valence-electron chi connectivity index (χ2n) is 8.14. The summed E-state index contributed by atoms with van der Waals surface area (Å²) < 4.78 is 24.3. The predicted molar refractivity (Wildman–Crippen MR) is 132 cm³/mol. The van der Waals surface area contributed by atoms with E-state index in [0.29, 0.717) is 35.0 Å². The minimum Gasteiger partial charge on any atom is -0.497 e. The summed E-state index contributed by atoms with van der Waals surface area (Å²) in [5, 5.41) is 2.76. The Morgan fingerprint density at radius 2 is 1.69 bits per heavy atom. The first-order chi connectivity index (χ1) is 17.4. The van der Waals surface area contributed by atoms with Gasteiger partial charge in [0.25, 0.3) is 5.91 Å². The number of nitrogens with one attached hydrogen (secondary N) is 1. The molecule has 1 heterocycles. The van der Waals surface area contributed by atoms with Crippen molar-refractivity contribution in [3.05, 3.63) is 84.2 Å². The van der Waals surface area contributed by atoms with E-state index >= 15 is 0 Å². The third-order valence-electron chi connectivity index (χ3n) is 5.72. The summed E-state index contributed by atoms with van der Waals surface area (Å²) in [6.07, 6.45) is -0.264. The van der Waals surface area contributed by atoms with E-state index in [4.69, 9.17) is 9.47 Å². The van der Waals surface area contributed by atoms with E-state index in [1.807, 2.05) is 6.92 Å². The number of ether oxygens (including phenoxy) is 2. The molecule has 186 valence electrons. The molecule has 1 aliphatic heterocycles. The number of imide groups is 1. The number of hydrogen-bond donors (Lipinski definition) is 1. The lowest BCUT2D eigenvalue weighted by Crippen LogP contribution is -2.37. The third kappa shape index (κ3) is 5.46. The van der Waals surface area contributed by atoms with Gasteiger partial charge in [-0.2, -0.15) is 0 Å². The summed E-state index contributed by atoms with van der Waals surface area (Å²) >= 11 is 0. The number of nitrogens with zero attached hydrogens (tertiary/aromatic N) is 2. The first kappa shape index (κ1) is 24.7. The number of carbonyl (C=O) groups is 3. The van der Waals surface area contributed by atoms with Crippen molar-refractivity contribution < 1.29 is 28.2 Å². The first-order valence-corrected chi connectivity index (χ1v) is 11.5. The van der Waals surface area contributed by atoms with Gasteiger partial charge >= 0.3 is 6.03 Å². The van der Waals surface area contributed by atoms with E-state index in [1.54, 1.807) is 54.6 Å². The molecule has 1 saturated heterocycles. The molecule has 8 nitrogen and oxygen atoms in total. The predicted octanol–water partition coefficient (Wildman–Crippen LogP) is 4.60. The van der Waals surface area contributed by atoms with Crippen molar-refractivity contribution in [2.75, 3.05) is 23.9 Å². The molecule has 4 rings (SSSR count). The summed E-state index contributed by atoms with van der Waals surface area (Å²) in [5.74, 6) is -0.193. The van der Waals surface area contributed by atoms with Crippen LogP contribution in [0.5, 0.6) is 11.5 Å². The molecule has 0 saturated carbocycles. The van der Waals surface area contributed by atoms with Gasteiger partial charge in [-0.1, -0.05) is 12.1 Å². The van der Waals surface area contributed by atoms with Gasteiger partial charge in [0.15, 0.2) is 0 Å². The summed E-state index contributed by atoms with van der Waals surface area (Å²) in [4.78, 5) is 42.0. The maximum atomic E-state index is 13.8. The van der Waals surface area contributed by atoms with Crippen LogP contribution in [0.2, 0.25) is 0 Å². The topological polar surface area (TPSA) is 88.2 Å². The van der Waals surface area contributed by atoms with Gasteiger partial charge in [0.2, 0.25) is 5.91 Å². The number of hydrogen-bond acceptors (Lipinski definition) is 5. The van der Waals surface area contributed by atoms with Crippen molar-refractivity contribution in [3.63, 3.8) is 0 Å². The standard InChI is InChI=1S/C27H26FN3O5/c1-3-36-23-11-7-20(8-12-23)29-25(32)16-24-26(33)31(21-9-13-22(35-2)14-10-21)27(34)30(24)17-18-5-4-6-19(28)15-18/h4-15,24H,3,16-17H2,1-2H3,(H,29,32)/t24-/m1/s1. The van der Waals surface area contributed by atoms with E-state index in [2.05, 4.69) is 5.32 Å². The van der Waals surface area contributed by atoms with Crippen molar-refractivity contribution in [1.29, 1.82) is 0 Å². The smallest absolute Gasteiger partial charge is 0.332 e. The van der Waals surface area contributed by atoms with Gasteiger partial charge < -0.3 is 19.7 Å². The molecule has 1 N–H and O–H groups in total. The molecular formula is C27H26FN3O5. The van der Waals surface area contributed by atoms with Crippen LogP contribution in [0.3, 0.4) is 0 Å². The molecule has 9 heteroatoms. The highest BCUT2D eigenvalue weighted by Crippen LogP contribution is 2.30. The molecule has 0 bridgehead atoms. The highest BCUT2D eigenvalue weighted by Gasteiger charge is 2.46. The van der Waals surface area contributed by atoms with Gasteiger partial charge in [-0.25, -0.2) is 14.1 Å². The van der Waals surface area contributed by atoms with Crippen molar-refractivity contribution in [1.82, 2.24) is 4.90 Å². The van der Waals surface area contributed by atoms with Crippen LogP contribution in [0.15, 0.2) is 72.8 Å². The van der Waals surface area contributed by atoms with Crippen LogP contribution in [0.25, 0.3) is 0 Å². The maximum Gasteiger partial charge on any atom is 0.332 e. The van der Waals surface area contributed by atoms with E-state index < -0.39 is 29.7 Å². The minimum absolute atomic E-state index is 0.0318. The monoisotopic (exact) mass is 491 g/mol. The van der Waals surface area contributed by atoms with Crippen LogP contribution in [-0.2, 0) is 16.1 Å². The fourth-order valence-electron chi connectivity index (χ4n) is 4.00. The highest BCUT2D eigenvalue weighted by atomic mass is 19.1. The van der Waals surface area contributed by atoms with Crippen LogP contribution in [-0.4, -0.2) is 42.5 Å². The van der Waals surface area contributed by atoms with Gasteiger partial charge in [-0.05, 0) is 73.2 Å². The molecule has 0 aliphatic carbocycles. The molecule has 0 spiro atoms. The van der Waals surface area contributed by atoms with E-state index in [9.17, 15) is 18.8 Å². The van der Waals surface area contributed by atoms with Gasteiger partial charge in [-0.15, -0.1) is 0 Å². The Labute approximate surface area is 208 Å². The van der Waals surface area contributed by atoms with Crippen LogP contribution in [0.1, 0.15) is 18.9 Å². The number of amides is 4. The number of halogens is 1. The van der Waals surface area contributed by atoms with Crippen LogP contribution in [0.4, 0.5) is 20.6 Å². The Hall–Kier alpha value is -4.40.